The van der Waals surface area contributed by atoms with Crippen molar-refractivity contribution >= 4 is 46.9 Å². The van der Waals surface area contributed by atoms with Crippen molar-refractivity contribution in [2.75, 3.05) is 7.05 Å². The molecule has 0 fully saturated rings. The van der Waals surface area contributed by atoms with Crippen LogP contribution < -0.4 is 5.32 Å². The quantitative estimate of drug-likeness (QED) is 0.139. The third-order valence-corrected chi connectivity index (χ3v) is 9.96. The first kappa shape index (κ1) is 118. The van der Waals surface area contributed by atoms with Gasteiger partial charge in [-0.2, -0.15) is 11.3 Å². The average molecular weight is 1370 g/mol. The highest BCUT2D eigenvalue weighted by atomic mass is 32.2. The molecule has 0 spiro atoms. The number of aryl methyl sites for hydroxylation is 7. The van der Waals surface area contributed by atoms with Gasteiger partial charge < -0.3 is 38.3 Å². The van der Waals surface area contributed by atoms with Crippen molar-refractivity contribution < 1.29 is 13.6 Å². The molecule has 94 heavy (non-hydrogen) atoms. The highest BCUT2D eigenvalue weighted by Crippen LogP contribution is 2.32. The number of ether oxygens (including phenoxy) is 1. The molecule has 10 nitrogen and oxygen atoms in total. The number of aliphatic imine (C=N–C) groups is 2. The van der Waals surface area contributed by atoms with Crippen molar-refractivity contribution in [3.05, 3.63) is 236 Å². The molecule has 0 aliphatic carbocycles. The van der Waals surface area contributed by atoms with Crippen molar-refractivity contribution in [2.45, 2.75) is 256 Å². The average Bonchev–Trinajstić information content (AvgIpc) is 4.66. The van der Waals surface area contributed by atoms with E-state index in [4.69, 9.17) is 8.83 Å². The summed E-state index contributed by atoms with van der Waals surface area (Å²) in [7, 11) is 4.00. The van der Waals surface area contributed by atoms with Gasteiger partial charge in [0.2, 0.25) is 0 Å². The molecule has 0 amide bonds. The first-order valence-corrected chi connectivity index (χ1v) is 37.5. The number of aromatic nitrogens is 3. The lowest BCUT2D eigenvalue weighted by molar-refractivity contribution is 0.503. The van der Waals surface area contributed by atoms with E-state index in [1.54, 1.807) is 53.9 Å². The minimum Gasteiger partial charge on any atom is -0.472 e. The van der Waals surface area contributed by atoms with Crippen LogP contribution in [0.5, 0.6) is 0 Å². The summed E-state index contributed by atoms with van der Waals surface area (Å²) in [6, 6.07) is 22.0. The van der Waals surface area contributed by atoms with Crippen LogP contribution in [0.25, 0.3) is 0 Å². The minimum absolute atomic E-state index is 0.968. The SMILES string of the molecule is CC.CC.CC.CC.CC.CC.CC.CC.CC.CC.CC.CC.CC.CC1=CC=N1.CC1=CN1.CC1=CN=C1.CC1=CO1.CC1=CS1.CN1C=C1.Cc1cc[nH]c1.Cc1ccc[nH]1.Cc1ccco1.Cc1cccs1.Cc1ccoc1.Cc1ccsc1.Cn1cccc1. The van der Waals surface area contributed by atoms with Gasteiger partial charge in [0, 0.05) is 104 Å². The molecule has 7 aromatic rings. The molecule has 0 saturated heterocycles. The molecule has 6 aliphatic heterocycles. The predicted molar refractivity (Wildman–Crippen MR) is 443 cm³/mol. The second-order valence-corrected chi connectivity index (χ2v) is 18.1. The molecule has 546 valence electrons. The van der Waals surface area contributed by atoms with Crippen LogP contribution in [0.1, 0.15) is 248 Å². The van der Waals surface area contributed by atoms with Crippen molar-refractivity contribution in [1.82, 2.24) is 24.8 Å². The van der Waals surface area contributed by atoms with E-state index in [-0.39, 0.29) is 0 Å². The summed E-state index contributed by atoms with van der Waals surface area (Å²) >= 11 is 5.33. The van der Waals surface area contributed by atoms with Crippen molar-refractivity contribution in [2.24, 2.45) is 17.0 Å². The van der Waals surface area contributed by atoms with Gasteiger partial charge in [0.15, 0.2) is 0 Å². The van der Waals surface area contributed by atoms with Gasteiger partial charge in [-0.1, -0.05) is 186 Å². The number of H-pyrrole nitrogens is 2. The number of rotatable bonds is 0. The summed E-state index contributed by atoms with van der Waals surface area (Å²) in [4.78, 5) is 18.3. The van der Waals surface area contributed by atoms with Crippen LogP contribution in [0.2, 0.25) is 0 Å². The third kappa shape index (κ3) is 138. The van der Waals surface area contributed by atoms with E-state index in [2.05, 4.69) is 97.4 Å². The number of hydrogen-bond donors (Lipinski definition) is 3. The smallest absolute Gasteiger partial charge is 0.135 e. The Hall–Kier alpha value is -6.67. The fourth-order valence-corrected chi connectivity index (χ4v) is 4.65. The van der Waals surface area contributed by atoms with Gasteiger partial charge in [-0.3, -0.25) is 9.98 Å². The maximum absolute atomic E-state index is 4.83. The molecular formula is C81H151N7O3S3. The zero-order valence-electron chi connectivity index (χ0n) is 68.1. The maximum atomic E-state index is 4.83. The first-order chi connectivity index (χ1) is 45.6. The van der Waals surface area contributed by atoms with E-state index in [1.807, 2.05) is 380 Å². The highest BCUT2D eigenvalue weighted by Gasteiger charge is 1.96. The van der Waals surface area contributed by atoms with Gasteiger partial charge in [-0.15, -0.1) is 23.1 Å². The monoisotopic (exact) mass is 1370 g/mol. The van der Waals surface area contributed by atoms with E-state index in [9.17, 15) is 0 Å². The van der Waals surface area contributed by atoms with E-state index < -0.39 is 0 Å². The zero-order chi connectivity index (χ0) is 76.2. The molecule has 13 rings (SSSR count). The second-order valence-electron chi connectivity index (χ2n) is 15.0. The number of aromatic amines is 2. The van der Waals surface area contributed by atoms with Crippen LogP contribution >= 0.6 is 34.4 Å². The fraction of sp³-hybridized carbons (Fsp3) is 0.481. The number of thiophene rings is 2. The van der Waals surface area contributed by atoms with Gasteiger partial charge >= 0.3 is 0 Å². The lowest BCUT2D eigenvalue weighted by atomic mass is 10.3. The molecule has 0 bridgehead atoms. The van der Waals surface area contributed by atoms with Crippen LogP contribution in [0.4, 0.5) is 0 Å². The molecule has 7 aromatic heterocycles. The van der Waals surface area contributed by atoms with Gasteiger partial charge in [-0.25, -0.2) is 0 Å². The molecule has 13 heteroatoms. The van der Waals surface area contributed by atoms with Crippen LogP contribution in [0.15, 0.2) is 222 Å². The van der Waals surface area contributed by atoms with Gasteiger partial charge in [-0.05, 0) is 192 Å². The van der Waals surface area contributed by atoms with E-state index >= 15 is 0 Å². The molecule has 13 heterocycles. The van der Waals surface area contributed by atoms with Gasteiger partial charge in [0.25, 0.3) is 0 Å². The Bertz CT molecular complexity index is 2050. The second kappa shape index (κ2) is 114. The number of allylic oxidation sites excluding steroid dienone is 6. The van der Waals surface area contributed by atoms with Gasteiger partial charge in [0.1, 0.15) is 17.8 Å². The Morgan fingerprint density at radius 2 is 0.968 bits per heavy atom. The normalized spacial score (nSPS) is 9.73. The summed E-state index contributed by atoms with van der Waals surface area (Å²) in [6.07, 6.45) is 29.9. The summed E-state index contributed by atoms with van der Waals surface area (Å²) in [5.41, 5.74) is 8.73. The molecule has 3 N–H and O–H groups in total. The third-order valence-electron chi connectivity index (χ3n) is 7.65. The number of furan rings is 2. The number of nitrogens with zero attached hydrogens (tertiary/aromatic N) is 4. The van der Waals surface area contributed by atoms with Crippen LogP contribution in [0.3, 0.4) is 0 Å². The summed E-state index contributed by atoms with van der Waals surface area (Å²) in [5, 5.41) is 11.3. The lowest BCUT2D eigenvalue weighted by Gasteiger charge is -1.92. The predicted octanol–water partition coefficient (Wildman–Crippen LogP) is 29.6. The standard InChI is InChI=1S/3C5H7N.2C5H6O.2C5H6S.2C4H5N.2C3H5N.C3H4O.C3H4S.13C2H6/c1-5-2-3-6-4-5;1-6-4-2-3-5-6;1-5-3-2-4-6-5;1-5-2-3-6-4-5;1-5-3-2-4-6-5;1-5-2-3-6-4-5;1-5-3-2-4-6-5;1-4-2-5-3-4;1-4-2-3-5-4;1-4-2-3-4;3*1-3-2-4-3;13*1-2/h2-4,6H,1H3;2-5H,1H3;2-4,6H,1H3;4*2-4H,1H3;2*2-3H,1H3;2-3H,1H3;2,4H,1H3;2*2H,1H3;13*1-2H3. The first-order valence-electron chi connectivity index (χ1n) is 34.8. The minimum atomic E-state index is 0.968. The molecule has 0 radical (unpaired) electrons. The van der Waals surface area contributed by atoms with Gasteiger partial charge in [0.05, 0.1) is 18.8 Å². The van der Waals surface area contributed by atoms with Crippen LogP contribution in [-0.2, 0) is 11.8 Å². The summed E-state index contributed by atoms with van der Waals surface area (Å²) in [6.45, 7) is 74.2. The summed E-state index contributed by atoms with van der Waals surface area (Å²) in [5.74, 6) is 2.01. The Balaban J connectivity index is -0.0000000669. The van der Waals surface area contributed by atoms with Crippen molar-refractivity contribution in [3.63, 3.8) is 0 Å². The van der Waals surface area contributed by atoms with E-state index in [0.717, 1.165) is 17.2 Å². The van der Waals surface area contributed by atoms with E-state index in [1.165, 1.54) is 43.4 Å². The van der Waals surface area contributed by atoms with Crippen LogP contribution in [0, 0.1) is 41.5 Å². The number of thioether (sulfide) groups is 1. The molecule has 0 saturated carbocycles. The molecule has 0 atom stereocenters. The topological polar surface area (TPSA) is 125 Å². The molecular weight excluding hydrogens is 1220 g/mol. The zero-order valence-corrected chi connectivity index (χ0v) is 70.6. The molecule has 0 unspecified atom stereocenters. The Kier molecular flexibility index (Phi) is 143. The van der Waals surface area contributed by atoms with E-state index in [0.29, 0.717) is 0 Å². The Morgan fingerprint density at radius 3 is 1.04 bits per heavy atom. The van der Waals surface area contributed by atoms with Crippen molar-refractivity contribution in [3.8, 4) is 0 Å². The Labute approximate surface area is 597 Å². The van der Waals surface area contributed by atoms with Crippen LogP contribution in [-0.4, -0.2) is 38.9 Å². The fourth-order valence-electron chi connectivity index (χ4n) is 3.34. The Morgan fingerprint density at radius 1 is 0.532 bits per heavy atom. The lowest BCUT2D eigenvalue weighted by Crippen LogP contribution is -1.82. The number of hydrogen-bond acceptors (Lipinski definition) is 10. The molecule has 6 aliphatic rings. The number of nitrogens with one attached hydrogen (secondary N) is 3. The maximum Gasteiger partial charge on any atom is 0.135 e. The largest absolute Gasteiger partial charge is 0.472 e. The molecule has 0 aromatic carbocycles. The van der Waals surface area contributed by atoms with Crippen molar-refractivity contribution in [1.29, 1.82) is 0 Å². The summed E-state index contributed by atoms with van der Waals surface area (Å²) < 4.78 is 16.0. The highest BCUT2D eigenvalue weighted by molar-refractivity contribution is 8.12.